The van der Waals surface area contributed by atoms with Gasteiger partial charge in [0, 0.05) is 25.2 Å². The molecule has 1 heterocycles. The molecule has 0 spiro atoms. The maximum absolute atomic E-state index is 2.56. The Morgan fingerprint density at radius 2 is 2.00 bits per heavy atom. The van der Waals surface area contributed by atoms with E-state index in [0.29, 0.717) is 12.1 Å². The van der Waals surface area contributed by atoms with Gasteiger partial charge in [0.15, 0.2) is 0 Å². The van der Waals surface area contributed by atoms with Crippen molar-refractivity contribution < 1.29 is 0 Å². The van der Waals surface area contributed by atoms with Gasteiger partial charge in [-0.3, -0.25) is 0 Å². The van der Waals surface area contributed by atoms with E-state index < -0.39 is 0 Å². The lowest BCUT2D eigenvalue weighted by Crippen LogP contribution is -2.30. The van der Waals surface area contributed by atoms with Gasteiger partial charge in [0.1, 0.15) is 5.82 Å². The molecule has 0 amide bonds. The molecule has 0 aromatic carbocycles. The van der Waals surface area contributed by atoms with E-state index >= 15 is 0 Å². The lowest BCUT2D eigenvalue weighted by atomic mass is 10.2. The average molecular weight is 210 g/mol. The van der Waals surface area contributed by atoms with E-state index in [1.807, 2.05) is 0 Å². The molecule has 0 N–H and O–H groups in total. The predicted molar refractivity (Wildman–Crippen MR) is 66.7 cm³/mol. The van der Waals surface area contributed by atoms with Crippen molar-refractivity contribution in [2.24, 2.45) is 0 Å². The van der Waals surface area contributed by atoms with E-state index in [0.717, 1.165) is 0 Å². The second kappa shape index (κ2) is 4.91. The quantitative estimate of drug-likeness (QED) is 0.706. The first kappa shape index (κ1) is 12.4. The van der Waals surface area contributed by atoms with Crippen molar-refractivity contribution in [2.75, 3.05) is 13.1 Å². The highest BCUT2D eigenvalue weighted by Gasteiger charge is 2.32. The van der Waals surface area contributed by atoms with Gasteiger partial charge >= 0.3 is 0 Å². The molecule has 0 saturated carbocycles. The summed E-state index contributed by atoms with van der Waals surface area (Å²) in [5.74, 6) is 1.47. The summed E-state index contributed by atoms with van der Waals surface area (Å²) in [4.78, 5) is 5.10. The van der Waals surface area contributed by atoms with Gasteiger partial charge in [-0.05, 0) is 46.6 Å². The van der Waals surface area contributed by atoms with Gasteiger partial charge < -0.3 is 9.80 Å². The van der Waals surface area contributed by atoms with Crippen LogP contribution in [-0.2, 0) is 0 Å². The van der Waals surface area contributed by atoms with Crippen LogP contribution in [0.2, 0.25) is 0 Å². The Labute approximate surface area is 94.9 Å². The van der Waals surface area contributed by atoms with Crippen LogP contribution in [0.1, 0.15) is 48.0 Å². The highest BCUT2D eigenvalue weighted by Crippen LogP contribution is 2.28. The summed E-state index contributed by atoms with van der Waals surface area (Å²) >= 11 is 0. The van der Waals surface area contributed by atoms with E-state index in [2.05, 4.69) is 51.3 Å². The Bertz CT molecular complexity index is 239. The molecule has 0 unspecified atom stereocenters. The molecule has 1 atom stereocenters. The van der Waals surface area contributed by atoms with Crippen LogP contribution in [0.3, 0.4) is 0 Å². The predicted octanol–water partition coefficient (Wildman–Crippen LogP) is 3.06. The lowest BCUT2D eigenvalue weighted by Gasteiger charge is -2.29. The third kappa shape index (κ3) is 2.47. The Kier molecular flexibility index (Phi) is 4.06. The van der Waals surface area contributed by atoms with Crippen LogP contribution in [0.4, 0.5) is 0 Å². The fourth-order valence-corrected chi connectivity index (χ4v) is 2.44. The minimum atomic E-state index is 0.610. The summed E-state index contributed by atoms with van der Waals surface area (Å²) in [7, 11) is 0. The topological polar surface area (TPSA) is 6.48 Å². The average Bonchev–Trinajstić information content (AvgIpc) is 2.45. The fraction of sp³-hybridized carbons (Fsp3) is 0.846. The third-order valence-electron chi connectivity index (χ3n) is 3.07. The van der Waals surface area contributed by atoms with Gasteiger partial charge in [-0.25, -0.2) is 0 Å². The summed E-state index contributed by atoms with van der Waals surface area (Å²) in [5.41, 5.74) is 1.45. The lowest BCUT2D eigenvalue weighted by molar-refractivity contribution is 0.281. The molecule has 1 aliphatic rings. The maximum atomic E-state index is 2.56. The molecule has 1 aliphatic heterocycles. The zero-order valence-corrected chi connectivity index (χ0v) is 11.2. The van der Waals surface area contributed by atoms with Crippen molar-refractivity contribution in [3.63, 3.8) is 0 Å². The fourth-order valence-electron chi connectivity index (χ4n) is 2.44. The van der Waals surface area contributed by atoms with E-state index in [1.165, 1.54) is 30.9 Å². The highest BCUT2D eigenvalue weighted by atomic mass is 15.4. The van der Waals surface area contributed by atoms with Gasteiger partial charge in [0.2, 0.25) is 0 Å². The first-order valence-corrected chi connectivity index (χ1v) is 6.19. The van der Waals surface area contributed by atoms with E-state index in [-0.39, 0.29) is 0 Å². The number of rotatable bonds is 3. The minimum absolute atomic E-state index is 0.610. The molecule has 2 heteroatoms. The maximum Gasteiger partial charge on any atom is 0.103 e. The molecule has 1 rings (SSSR count). The Morgan fingerprint density at radius 3 is 2.40 bits per heavy atom. The number of hydrogen-bond donors (Lipinski definition) is 0. The largest absolute Gasteiger partial charge is 0.354 e. The number of hydrogen-bond acceptors (Lipinski definition) is 2. The van der Waals surface area contributed by atoms with Crippen LogP contribution in [-0.4, -0.2) is 35.0 Å². The van der Waals surface area contributed by atoms with Gasteiger partial charge in [0.25, 0.3) is 0 Å². The second-order valence-electron chi connectivity index (χ2n) is 5.11. The molecule has 0 aliphatic carbocycles. The summed E-state index contributed by atoms with van der Waals surface area (Å²) in [6.07, 6.45) is 1.23. The first-order chi connectivity index (χ1) is 6.99. The van der Waals surface area contributed by atoms with Gasteiger partial charge in [-0.15, -0.1) is 0 Å². The zero-order valence-electron chi connectivity index (χ0n) is 11.2. The van der Waals surface area contributed by atoms with Gasteiger partial charge in [-0.1, -0.05) is 6.92 Å². The van der Waals surface area contributed by atoms with Crippen molar-refractivity contribution >= 4 is 0 Å². The van der Waals surface area contributed by atoms with Crippen molar-refractivity contribution in [1.29, 1.82) is 0 Å². The molecule has 0 bridgehead atoms. The summed E-state index contributed by atoms with van der Waals surface area (Å²) < 4.78 is 0. The minimum Gasteiger partial charge on any atom is -0.354 e. The highest BCUT2D eigenvalue weighted by molar-refractivity contribution is 5.15. The normalized spacial score (nSPS) is 21.8. The Morgan fingerprint density at radius 1 is 1.40 bits per heavy atom. The van der Waals surface area contributed by atoms with Crippen LogP contribution < -0.4 is 0 Å². The van der Waals surface area contributed by atoms with Crippen molar-refractivity contribution in [3.8, 4) is 0 Å². The molecule has 2 nitrogen and oxygen atoms in total. The molecule has 0 aromatic rings. The standard InChI is InChI=1S/C13H26N2/c1-7-8-14-12(6)9-15(11(4)5)13(14)10(2)3/h11-12H,7-9H2,1-6H3/t12-/m0/s1. The second-order valence-corrected chi connectivity index (χ2v) is 5.11. The number of allylic oxidation sites excluding steroid dienone is 1. The molecule has 15 heavy (non-hydrogen) atoms. The summed E-state index contributed by atoms with van der Waals surface area (Å²) in [5, 5.41) is 0. The van der Waals surface area contributed by atoms with Crippen LogP contribution in [0, 0.1) is 0 Å². The van der Waals surface area contributed by atoms with Crippen LogP contribution in [0.15, 0.2) is 11.4 Å². The monoisotopic (exact) mass is 210 g/mol. The van der Waals surface area contributed by atoms with E-state index in [4.69, 9.17) is 0 Å². The van der Waals surface area contributed by atoms with E-state index in [1.54, 1.807) is 0 Å². The molecule has 88 valence electrons. The van der Waals surface area contributed by atoms with Crippen LogP contribution >= 0.6 is 0 Å². The molecule has 0 aromatic heterocycles. The smallest absolute Gasteiger partial charge is 0.103 e. The molecular weight excluding hydrogens is 184 g/mol. The Balaban J connectivity index is 2.94. The van der Waals surface area contributed by atoms with Crippen molar-refractivity contribution in [1.82, 2.24) is 9.80 Å². The van der Waals surface area contributed by atoms with Crippen molar-refractivity contribution in [3.05, 3.63) is 11.4 Å². The van der Waals surface area contributed by atoms with Crippen LogP contribution in [0.25, 0.3) is 0 Å². The molecule has 1 saturated heterocycles. The summed E-state index contributed by atoms with van der Waals surface area (Å²) in [6, 6.07) is 1.27. The van der Waals surface area contributed by atoms with E-state index in [9.17, 15) is 0 Å². The summed E-state index contributed by atoms with van der Waals surface area (Å²) in [6.45, 7) is 16.0. The molecule has 0 radical (unpaired) electrons. The van der Waals surface area contributed by atoms with Crippen molar-refractivity contribution in [2.45, 2.75) is 60.0 Å². The van der Waals surface area contributed by atoms with Gasteiger partial charge in [0.05, 0.1) is 0 Å². The Hall–Kier alpha value is -0.660. The third-order valence-corrected chi connectivity index (χ3v) is 3.07. The van der Waals surface area contributed by atoms with Gasteiger partial charge in [-0.2, -0.15) is 0 Å². The molecular formula is C13H26N2. The van der Waals surface area contributed by atoms with Crippen LogP contribution in [0.5, 0.6) is 0 Å². The SMILES string of the molecule is CCCN1C(=C(C)C)N(C(C)C)C[C@@H]1C. The molecule has 1 fully saturated rings. The zero-order chi connectivity index (χ0) is 11.6. The number of nitrogens with zero attached hydrogens (tertiary/aromatic N) is 2. The first-order valence-electron chi connectivity index (χ1n) is 6.19.